The lowest BCUT2D eigenvalue weighted by atomic mass is 10.1. The van der Waals surface area contributed by atoms with Gasteiger partial charge in [-0.15, -0.1) is 11.8 Å². The molecule has 1 aromatic carbocycles. The first kappa shape index (κ1) is 15.9. The van der Waals surface area contributed by atoms with Crippen molar-refractivity contribution in [2.75, 3.05) is 19.7 Å². The maximum absolute atomic E-state index is 12.4. The number of ether oxygens (including phenoxy) is 1. The molecule has 21 heavy (non-hydrogen) atoms. The van der Waals surface area contributed by atoms with Crippen LogP contribution < -0.4 is 0 Å². The zero-order valence-electron chi connectivity index (χ0n) is 12.1. The molecule has 0 saturated carbocycles. The zero-order valence-corrected chi connectivity index (χ0v) is 12.9. The van der Waals surface area contributed by atoms with Crippen LogP contribution in [0.3, 0.4) is 0 Å². The maximum Gasteiger partial charge on any atom is 0.334 e. The molecule has 0 spiro atoms. The van der Waals surface area contributed by atoms with Crippen molar-refractivity contribution in [2.45, 2.75) is 30.1 Å². The molecule has 1 saturated heterocycles. The van der Waals surface area contributed by atoms with E-state index in [1.54, 1.807) is 23.9 Å². The monoisotopic (exact) mass is 309 g/mol. The van der Waals surface area contributed by atoms with Crippen LogP contribution in [0.2, 0.25) is 0 Å². The molecule has 1 heterocycles. The standard InChI is InChI=1S/C15H19NO4S/c1-10(2)21-12-5-3-11(4-6-12)14(17)16-7-8-20-13(9-16)15(18)19/h3-6,10,13H,7-9H2,1-2H3,(H,18,19). The van der Waals surface area contributed by atoms with Crippen LogP contribution in [-0.2, 0) is 9.53 Å². The quantitative estimate of drug-likeness (QED) is 0.863. The van der Waals surface area contributed by atoms with Crippen molar-refractivity contribution in [3.05, 3.63) is 29.8 Å². The minimum atomic E-state index is -1.03. The summed E-state index contributed by atoms with van der Waals surface area (Å²) in [4.78, 5) is 26.0. The number of carbonyl (C=O) groups is 2. The summed E-state index contributed by atoms with van der Waals surface area (Å²) >= 11 is 1.74. The minimum Gasteiger partial charge on any atom is -0.479 e. The topological polar surface area (TPSA) is 66.8 Å². The van der Waals surface area contributed by atoms with Crippen LogP contribution in [0.1, 0.15) is 24.2 Å². The third-order valence-electron chi connectivity index (χ3n) is 3.10. The van der Waals surface area contributed by atoms with Crippen LogP contribution in [0.15, 0.2) is 29.2 Å². The number of nitrogens with zero attached hydrogens (tertiary/aromatic N) is 1. The molecule has 5 nitrogen and oxygen atoms in total. The largest absolute Gasteiger partial charge is 0.479 e. The van der Waals surface area contributed by atoms with Gasteiger partial charge in [-0.3, -0.25) is 4.79 Å². The van der Waals surface area contributed by atoms with Gasteiger partial charge in [0.05, 0.1) is 13.2 Å². The summed E-state index contributed by atoms with van der Waals surface area (Å²) in [5.74, 6) is -1.18. The second-order valence-electron chi connectivity index (χ2n) is 5.14. The normalized spacial score (nSPS) is 18.8. The summed E-state index contributed by atoms with van der Waals surface area (Å²) < 4.78 is 5.12. The first-order valence-electron chi connectivity index (χ1n) is 6.88. The van der Waals surface area contributed by atoms with Crippen molar-refractivity contribution < 1.29 is 19.4 Å². The van der Waals surface area contributed by atoms with E-state index >= 15 is 0 Å². The van der Waals surface area contributed by atoms with Gasteiger partial charge in [0.15, 0.2) is 6.10 Å². The number of hydrogen-bond acceptors (Lipinski definition) is 4. The second kappa shape index (κ2) is 6.95. The molecule has 0 radical (unpaired) electrons. The minimum absolute atomic E-state index is 0.0939. The van der Waals surface area contributed by atoms with Gasteiger partial charge in [0, 0.05) is 22.3 Å². The Balaban J connectivity index is 2.03. The van der Waals surface area contributed by atoms with Crippen LogP contribution in [0.4, 0.5) is 0 Å². The molecular formula is C15H19NO4S. The van der Waals surface area contributed by atoms with Crippen LogP contribution in [0.5, 0.6) is 0 Å². The van der Waals surface area contributed by atoms with E-state index in [1.165, 1.54) is 4.90 Å². The van der Waals surface area contributed by atoms with Gasteiger partial charge in [0.1, 0.15) is 0 Å². The van der Waals surface area contributed by atoms with Crippen LogP contribution in [0, 0.1) is 0 Å². The molecule has 1 fully saturated rings. The Morgan fingerprint density at radius 2 is 2.00 bits per heavy atom. The fraction of sp³-hybridized carbons (Fsp3) is 0.467. The van der Waals surface area contributed by atoms with Crippen molar-refractivity contribution in [3.8, 4) is 0 Å². The van der Waals surface area contributed by atoms with Crippen molar-refractivity contribution >= 4 is 23.6 Å². The fourth-order valence-electron chi connectivity index (χ4n) is 2.11. The van der Waals surface area contributed by atoms with Crippen LogP contribution in [0.25, 0.3) is 0 Å². The molecule has 1 atom stereocenters. The maximum atomic E-state index is 12.4. The number of rotatable bonds is 4. The van der Waals surface area contributed by atoms with Gasteiger partial charge in [0.25, 0.3) is 5.91 Å². The Morgan fingerprint density at radius 3 is 2.57 bits per heavy atom. The van der Waals surface area contributed by atoms with Gasteiger partial charge >= 0.3 is 5.97 Å². The van der Waals surface area contributed by atoms with Gasteiger partial charge in [-0.1, -0.05) is 13.8 Å². The Bertz CT molecular complexity index is 515. The number of morpholine rings is 1. The highest BCUT2D eigenvalue weighted by Crippen LogP contribution is 2.23. The molecular weight excluding hydrogens is 290 g/mol. The van der Waals surface area contributed by atoms with Gasteiger partial charge in [-0.05, 0) is 24.3 Å². The molecule has 0 aliphatic carbocycles. The van der Waals surface area contributed by atoms with Crippen molar-refractivity contribution in [2.24, 2.45) is 0 Å². The van der Waals surface area contributed by atoms with Gasteiger partial charge in [-0.2, -0.15) is 0 Å². The van der Waals surface area contributed by atoms with E-state index in [4.69, 9.17) is 9.84 Å². The van der Waals surface area contributed by atoms with Gasteiger partial charge in [-0.25, -0.2) is 4.79 Å². The average Bonchev–Trinajstić information content (AvgIpc) is 2.47. The summed E-state index contributed by atoms with van der Waals surface area (Å²) in [5.41, 5.74) is 0.578. The molecule has 114 valence electrons. The third-order valence-corrected chi connectivity index (χ3v) is 4.12. The Labute approximate surface area is 128 Å². The number of carbonyl (C=O) groups excluding carboxylic acids is 1. The number of carboxylic acids is 1. The Morgan fingerprint density at radius 1 is 1.33 bits per heavy atom. The second-order valence-corrected chi connectivity index (χ2v) is 6.79. The van der Waals surface area contributed by atoms with Crippen molar-refractivity contribution in [1.29, 1.82) is 0 Å². The molecule has 0 bridgehead atoms. The highest BCUT2D eigenvalue weighted by atomic mass is 32.2. The lowest BCUT2D eigenvalue weighted by molar-refractivity contribution is -0.154. The van der Waals surface area contributed by atoms with Crippen LogP contribution in [-0.4, -0.2) is 52.9 Å². The lowest BCUT2D eigenvalue weighted by Gasteiger charge is -2.30. The number of amides is 1. The SMILES string of the molecule is CC(C)Sc1ccc(C(=O)N2CCOC(C(=O)O)C2)cc1. The summed E-state index contributed by atoms with van der Waals surface area (Å²) in [6.45, 7) is 5.00. The van der Waals surface area contributed by atoms with E-state index < -0.39 is 12.1 Å². The summed E-state index contributed by atoms with van der Waals surface area (Å²) in [7, 11) is 0. The highest BCUT2D eigenvalue weighted by Gasteiger charge is 2.29. The predicted molar refractivity (Wildman–Crippen MR) is 80.7 cm³/mol. The van der Waals surface area contributed by atoms with Crippen LogP contribution >= 0.6 is 11.8 Å². The van der Waals surface area contributed by atoms with E-state index in [2.05, 4.69) is 13.8 Å². The van der Waals surface area contributed by atoms with Gasteiger partial charge in [0.2, 0.25) is 0 Å². The van der Waals surface area contributed by atoms with E-state index in [0.29, 0.717) is 17.4 Å². The zero-order chi connectivity index (χ0) is 15.4. The number of hydrogen-bond donors (Lipinski definition) is 1. The summed E-state index contributed by atoms with van der Waals surface area (Å²) in [6, 6.07) is 7.43. The molecule has 1 aromatic rings. The van der Waals surface area contributed by atoms with E-state index in [-0.39, 0.29) is 19.1 Å². The van der Waals surface area contributed by atoms with Crippen molar-refractivity contribution in [1.82, 2.24) is 4.90 Å². The van der Waals surface area contributed by atoms with E-state index in [9.17, 15) is 9.59 Å². The first-order valence-corrected chi connectivity index (χ1v) is 7.75. The van der Waals surface area contributed by atoms with Crippen molar-refractivity contribution in [3.63, 3.8) is 0 Å². The molecule has 2 rings (SSSR count). The van der Waals surface area contributed by atoms with E-state index in [1.807, 2.05) is 12.1 Å². The number of aliphatic carboxylic acids is 1. The van der Waals surface area contributed by atoms with Gasteiger partial charge < -0.3 is 14.7 Å². The highest BCUT2D eigenvalue weighted by molar-refractivity contribution is 7.99. The molecule has 1 aliphatic rings. The number of thioether (sulfide) groups is 1. The molecule has 0 aromatic heterocycles. The fourth-order valence-corrected chi connectivity index (χ4v) is 2.95. The summed E-state index contributed by atoms with van der Waals surface area (Å²) in [6.07, 6.45) is -0.932. The van der Waals surface area contributed by atoms with E-state index in [0.717, 1.165) is 4.90 Å². The number of benzene rings is 1. The molecule has 1 aliphatic heterocycles. The Kier molecular flexibility index (Phi) is 5.25. The molecule has 6 heteroatoms. The third kappa shape index (κ3) is 4.22. The number of carboxylic acid groups (broad SMARTS) is 1. The smallest absolute Gasteiger partial charge is 0.334 e. The molecule has 1 amide bonds. The predicted octanol–water partition coefficient (Wildman–Crippen LogP) is 2.11. The Hall–Kier alpha value is -1.53. The lowest BCUT2D eigenvalue weighted by Crippen LogP contribution is -2.48. The average molecular weight is 309 g/mol. The molecule has 1 N–H and O–H groups in total. The summed E-state index contributed by atoms with van der Waals surface area (Å²) in [5, 5.41) is 9.45. The first-order chi connectivity index (χ1) is 9.97. The molecule has 1 unspecified atom stereocenters.